The molecule has 1 nitrogen and oxygen atoms in total. The Bertz CT molecular complexity index is 494. The van der Waals surface area contributed by atoms with Crippen LogP contribution >= 0.6 is 24.8 Å². The van der Waals surface area contributed by atoms with Crippen molar-refractivity contribution >= 4 is 29.2 Å². The third-order valence-corrected chi connectivity index (χ3v) is 2.34. The van der Waals surface area contributed by atoms with Gasteiger partial charge >= 0.3 is 0 Å². The highest BCUT2D eigenvalue weighted by molar-refractivity contribution is 8.10. The molecule has 0 bridgehead atoms. The maximum Gasteiger partial charge on any atom is 0.222 e. The smallest absolute Gasteiger partial charge is 0.222 e. The zero-order valence-electron chi connectivity index (χ0n) is 8.46. The van der Waals surface area contributed by atoms with E-state index in [9.17, 15) is 0 Å². The summed E-state index contributed by atoms with van der Waals surface area (Å²) < 4.78 is 5.62. The second kappa shape index (κ2) is 5.14. The molecule has 16 heavy (non-hydrogen) atoms. The molecule has 2 aromatic rings. The topological polar surface area (TPSA) is 9.23 Å². The summed E-state index contributed by atoms with van der Waals surface area (Å²) in [5, 5.41) is 0. The van der Waals surface area contributed by atoms with Gasteiger partial charge in [-0.3, -0.25) is 0 Å². The van der Waals surface area contributed by atoms with Gasteiger partial charge in [-0.25, -0.2) is 0 Å². The van der Waals surface area contributed by atoms with Gasteiger partial charge in [-0.2, -0.15) is 0 Å². The van der Waals surface area contributed by atoms with Crippen molar-refractivity contribution in [1.82, 2.24) is 0 Å². The Morgan fingerprint density at radius 1 is 0.938 bits per heavy atom. The fourth-order valence-electron chi connectivity index (χ4n) is 1.51. The molecule has 0 aromatic heterocycles. The van der Waals surface area contributed by atoms with Crippen LogP contribution in [0.1, 0.15) is 0 Å². The van der Waals surface area contributed by atoms with Crippen molar-refractivity contribution in [3.05, 3.63) is 54.6 Å². The average molecular weight is 246 g/mol. The van der Waals surface area contributed by atoms with Crippen molar-refractivity contribution < 1.29 is 4.74 Å². The number of thiol groups is 1. The molecule has 0 fully saturated rings. The van der Waals surface area contributed by atoms with Crippen molar-refractivity contribution in [3.63, 3.8) is 0 Å². The molecule has 0 aliphatic carbocycles. The second-order valence-electron chi connectivity index (χ2n) is 3.23. The highest BCUT2D eigenvalue weighted by Crippen LogP contribution is 2.29. The zero-order chi connectivity index (χ0) is 11.4. The number of thiocarbonyl (C=S) groups is 1. The van der Waals surface area contributed by atoms with Gasteiger partial charge in [-0.1, -0.05) is 61.2 Å². The van der Waals surface area contributed by atoms with E-state index in [4.69, 9.17) is 17.0 Å². The molecule has 0 aliphatic rings. The van der Waals surface area contributed by atoms with E-state index in [1.165, 1.54) is 0 Å². The lowest BCUT2D eigenvalue weighted by Gasteiger charge is -2.09. The van der Waals surface area contributed by atoms with E-state index in [2.05, 4.69) is 12.6 Å². The summed E-state index contributed by atoms with van der Waals surface area (Å²) in [5.74, 6) is 0.730. The Morgan fingerprint density at radius 3 is 2.25 bits per heavy atom. The predicted molar refractivity (Wildman–Crippen MR) is 74.1 cm³/mol. The molecule has 0 heterocycles. The third kappa shape index (κ3) is 2.62. The highest BCUT2D eigenvalue weighted by Gasteiger charge is 2.05. The first-order valence-electron chi connectivity index (χ1n) is 4.82. The van der Waals surface area contributed by atoms with Crippen molar-refractivity contribution in [3.8, 4) is 16.9 Å². The molecule has 2 aromatic carbocycles. The van der Waals surface area contributed by atoms with Crippen molar-refractivity contribution in [2.45, 2.75) is 0 Å². The maximum absolute atomic E-state index is 5.40. The second-order valence-corrected chi connectivity index (χ2v) is 4.31. The minimum atomic E-state index is 0.225. The SMILES string of the molecule is S=C(S)Oc1ccccc1-c1ccccc1. The number of hydrogen-bond donors (Lipinski definition) is 1. The largest absolute Gasteiger partial charge is 0.439 e. The van der Waals surface area contributed by atoms with Gasteiger partial charge < -0.3 is 4.74 Å². The van der Waals surface area contributed by atoms with Gasteiger partial charge in [-0.05, 0) is 23.8 Å². The van der Waals surface area contributed by atoms with Gasteiger partial charge in [0.05, 0.1) is 0 Å². The van der Waals surface area contributed by atoms with E-state index in [1.807, 2.05) is 54.6 Å². The first-order chi connectivity index (χ1) is 7.77. The fourth-order valence-corrected chi connectivity index (χ4v) is 1.69. The van der Waals surface area contributed by atoms with Gasteiger partial charge in [0.2, 0.25) is 4.38 Å². The van der Waals surface area contributed by atoms with Gasteiger partial charge in [0, 0.05) is 5.56 Å². The molecule has 0 amide bonds. The summed E-state index contributed by atoms with van der Waals surface area (Å²) in [6, 6.07) is 17.8. The maximum atomic E-state index is 5.40. The van der Waals surface area contributed by atoms with E-state index in [1.54, 1.807) is 0 Å². The van der Waals surface area contributed by atoms with Crippen LogP contribution in [0.25, 0.3) is 11.1 Å². The quantitative estimate of drug-likeness (QED) is 0.634. The van der Waals surface area contributed by atoms with E-state index in [0.29, 0.717) is 0 Å². The monoisotopic (exact) mass is 246 g/mol. The first kappa shape index (κ1) is 11.2. The Hall–Kier alpha value is -1.32. The summed E-state index contributed by atoms with van der Waals surface area (Å²) >= 11 is 8.81. The molecule has 0 unspecified atom stereocenters. The van der Waals surface area contributed by atoms with Crippen molar-refractivity contribution in [2.24, 2.45) is 0 Å². The summed E-state index contributed by atoms with van der Waals surface area (Å²) in [7, 11) is 0. The lowest BCUT2D eigenvalue weighted by Crippen LogP contribution is -1.97. The summed E-state index contributed by atoms with van der Waals surface area (Å²) in [5.41, 5.74) is 2.11. The number of para-hydroxylation sites is 1. The normalized spacial score (nSPS) is 9.81. The van der Waals surface area contributed by atoms with Crippen LogP contribution < -0.4 is 4.74 Å². The fraction of sp³-hybridized carbons (Fsp3) is 0. The molecule has 0 radical (unpaired) electrons. The van der Waals surface area contributed by atoms with Gasteiger partial charge in [-0.15, -0.1) is 0 Å². The molecular weight excluding hydrogens is 236 g/mol. The predicted octanol–water partition coefficient (Wildman–Crippen LogP) is 3.95. The molecule has 0 saturated heterocycles. The van der Waals surface area contributed by atoms with Crippen LogP contribution in [0.3, 0.4) is 0 Å². The Morgan fingerprint density at radius 2 is 1.56 bits per heavy atom. The van der Waals surface area contributed by atoms with Gasteiger partial charge in [0.25, 0.3) is 0 Å². The van der Waals surface area contributed by atoms with Gasteiger partial charge in [0.1, 0.15) is 5.75 Å². The summed E-state index contributed by atoms with van der Waals surface area (Å²) in [6.07, 6.45) is 0. The number of benzene rings is 2. The van der Waals surface area contributed by atoms with Crippen LogP contribution in [0.5, 0.6) is 5.75 Å². The van der Waals surface area contributed by atoms with Crippen LogP contribution in [0, 0.1) is 0 Å². The van der Waals surface area contributed by atoms with E-state index in [-0.39, 0.29) is 4.38 Å². The third-order valence-electron chi connectivity index (χ3n) is 2.17. The highest BCUT2D eigenvalue weighted by atomic mass is 32.1. The first-order valence-corrected chi connectivity index (χ1v) is 5.68. The molecule has 0 saturated carbocycles. The average Bonchev–Trinajstić information content (AvgIpc) is 2.30. The van der Waals surface area contributed by atoms with E-state index >= 15 is 0 Å². The van der Waals surface area contributed by atoms with Crippen LogP contribution in [0.2, 0.25) is 0 Å². The Labute approximate surface area is 105 Å². The number of hydrogen-bond acceptors (Lipinski definition) is 2. The molecule has 0 aliphatic heterocycles. The van der Waals surface area contributed by atoms with Crippen LogP contribution in [0.4, 0.5) is 0 Å². The minimum Gasteiger partial charge on any atom is -0.439 e. The van der Waals surface area contributed by atoms with E-state index < -0.39 is 0 Å². The molecule has 3 heteroatoms. The van der Waals surface area contributed by atoms with E-state index in [0.717, 1.165) is 16.9 Å². The lowest BCUT2D eigenvalue weighted by molar-refractivity contribution is 0.582. The molecule has 0 spiro atoms. The van der Waals surface area contributed by atoms with Crippen LogP contribution in [-0.4, -0.2) is 4.38 Å². The number of ether oxygens (including phenoxy) is 1. The lowest BCUT2D eigenvalue weighted by atomic mass is 10.1. The summed E-state index contributed by atoms with van der Waals surface area (Å²) in [4.78, 5) is 0. The standard InChI is InChI=1S/C13H10OS2/c15-13(16)14-12-9-5-4-8-11(12)10-6-2-1-3-7-10/h1-9H,(H,15,16). The minimum absolute atomic E-state index is 0.225. The molecule has 2 rings (SSSR count). The molecule has 0 N–H and O–H groups in total. The van der Waals surface area contributed by atoms with Gasteiger partial charge in [0.15, 0.2) is 0 Å². The van der Waals surface area contributed by atoms with Crippen molar-refractivity contribution in [2.75, 3.05) is 0 Å². The zero-order valence-corrected chi connectivity index (χ0v) is 10.2. The Balaban J connectivity index is 2.44. The summed E-state index contributed by atoms with van der Waals surface area (Å²) in [6.45, 7) is 0. The van der Waals surface area contributed by atoms with Crippen LogP contribution in [0.15, 0.2) is 54.6 Å². The molecular formula is C13H10OS2. The molecule has 80 valence electrons. The Kier molecular flexibility index (Phi) is 3.59. The molecule has 0 atom stereocenters. The number of rotatable bonds is 2. The van der Waals surface area contributed by atoms with Crippen LogP contribution in [-0.2, 0) is 0 Å². The van der Waals surface area contributed by atoms with Crippen molar-refractivity contribution in [1.29, 1.82) is 0 Å².